The number of carbonyl (C=O) groups is 5. The third kappa shape index (κ3) is 22.1. The highest BCUT2D eigenvalue weighted by Crippen LogP contribution is 2.27. The second kappa shape index (κ2) is 30.6. The molecule has 4 aromatic carbocycles. The number of carbonyl (C=O) groups excluding carboxylic acids is 5. The predicted molar refractivity (Wildman–Crippen MR) is 246 cm³/mol. The van der Waals surface area contributed by atoms with Gasteiger partial charge in [0.05, 0.1) is 12.8 Å². The summed E-state index contributed by atoms with van der Waals surface area (Å²) in [5.41, 5.74) is 8.93. The van der Waals surface area contributed by atoms with Gasteiger partial charge in [0.15, 0.2) is 0 Å². The first-order chi connectivity index (χ1) is 31.2. The summed E-state index contributed by atoms with van der Waals surface area (Å²) in [5.74, 6) is -0.660. The number of nitrogens with two attached hydrogens (primary N) is 1. The zero-order chi connectivity index (χ0) is 45.5. The average molecular weight is 880 g/mol. The molecule has 0 heterocycles. The zero-order valence-corrected chi connectivity index (χ0v) is 36.7. The molecule has 0 bridgehead atoms. The summed E-state index contributed by atoms with van der Waals surface area (Å²) in [6.45, 7) is 5.54. The monoisotopic (exact) mass is 879 g/mol. The highest BCUT2D eigenvalue weighted by Gasteiger charge is 2.23. The summed E-state index contributed by atoms with van der Waals surface area (Å²) in [5, 5.41) is 17.9. The smallest absolute Gasteiger partial charge is 0.407 e. The summed E-state index contributed by atoms with van der Waals surface area (Å²) in [4.78, 5) is 62.0. The topological polar surface area (TPSA) is 211 Å². The van der Waals surface area contributed by atoms with E-state index in [1.54, 1.807) is 18.2 Å². The van der Waals surface area contributed by atoms with Gasteiger partial charge in [-0.2, -0.15) is 0 Å². The first-order valence-corrected chi connectivity index (χ1v) is 22.2. The van der Waals surface area contributed by atoms with Gasteiger partial charge in [-0.25, -0.2) is 4.79 Å². The molecular formula is C49H65N7O8. The van der Waals surface area contributed by atoms with E-state index in [1.165, 1.54) is 0 Å². The minimum Gasteiger partial charge on any atom is -0.489 e. The van der Waals surface area contributed by atoms with Gasteiger partial charge in [0, 0.05) is 37.7 Å². The fourth-order valence-corrected chi connectivity index (χ4v) is 6.43. The van der Waals surface area contributed by atoms with Crippen LogP contribution >= 0.6 is 0 Å². The van der Waals surface area contributed by atoms with Crippen LogP contribution in [0.25, 0.3) is 0 Å². The highest BCUT2D eigenvalue weighted by molar-refractivity contribution is 5.92. The third-order valence-electron chi connectivity index (χ3n) is 9.91. The molecule has 15 nitrogen and oxygen atoms in total. The van der Waals surface area contributed by atoms with Crippen LogP contribution in [-0.4, -0.2) is 81.6 Å². The molecule has 344 valence electrons. The van der Waals surface area contributed by atoms with Crippen molar-refractivity contribution in [3.63, 3.8) is 0 Å². The molecule has 64 heavy (non-hydrogen) atoms. The number of primary amides is 1. The van der Waals surface area contributed by atoms with Crippen molar-refractivity contribution in [3.05, 3.63) is 131 Å². The van der Waals surface area contributed by atoms with Crippen LogP contribution in [0.1, 0.15) is 73.6 Å². The molecule has 4 aromatic rings. The number of benzene rings is 4. The van der Waals surface area contributed by atoms with Gasteiger partial charge in [-0.3, -0.25) is 19.2 Å². The number of alkyl carbamates (subject to hydrolysis) is 1. The van der Waals surface area contributed by atoms with Crippen LogP contribution < -0.4 is 47.1 Å². The van der Waals surface area contributed by atoms with Crippen LogP contribution in [0.5, 0.6) is 11.5 Å². The minimum absolute atomic E-state index is 0.0888. The SMILES string of the molecule is NC(=O)C[C@H](NC(=O)Cc1ccc(OCc2ccccc2)cc1OCc1ccccc1)C(=O)NCCCCCNCCCNCCCCNC(=O)CCNC(=O)OCc1ccccc1. The molecule has 0 aliphatic heterocycles. The Bertz CT molecular complexity index is 1970. The summed E-state index contributed by atoms with van der Waals surface area (Å²) < 4.78 is 17.3. The number of amides is 5. The van der Waals surface area contributed by atoms with E-state index < -0.39 is 29.9 Å². The molecule has 15 heteroatoms. The van der Waals surface area contributed by atoms with Crippen molar-refractivity contribution in [2.45, 2.75) is 83.6 Å². The number of unbranched alkanes of at least 4 members (excludes halogenated alkanes) is 3. The Balaban J connectivity index is 1.02. The van der Waals surface area contributed by atoms with E-state index in [0.29, 0.717) is 36.8 Å². The Morgan fingerprint density at radius 2 is 1.08 bits per heavy atom. The second-order valence-corrected chi connectivity index (χ2v) is 15.3. The molecule has 4 rings (SSSR count). The van der Waals surface area contributed by atoms with Crippen molar-refractivity contribution in [2.24, 2.45) is 5.73 Å². The lowest BCUT2D eigenvalue weighted by atomic mass is 10.1. The van der Waals surface area contributed by atoms with E-state index in [9.17, 15) is 24.0 Å². The molecule has 0 spiro atoms. The maximum Gasteiger partial charge on any atom is 0.407 e. The lowest BCUT2D eigenvalue weighted by Gasteiger charge is -2.18. The van der Waals surface area contributed by atoms with Crippen LogP contribution in [0.15, 0.2) is 109 Å². The van der Waals surface area contributed by atoms with Crippen molar-refractivity contribution in [2.75, 3.05) is 45.8 Å². The quantitative estimate of drug-likeness (QED) is 0.0333. The fourth-order valence-electron chi connectivity index (χ4n) is 6.43. The van der Waals surface area contributed by atoms with Crippen LogP contribution in [0.4, 0.5) is 4.79 Å². The van der Waals surface area contributed by atoms with E-state index in [4.69, 9.17) is 19.9 Å². The van der Waals surface area contributed by atoms with Crippen molar-refractivity contribution in [1.29, 1.82) is 0 Å². The van der Waals surface area contributed by atoms with Gasteiger partial charge in [0.1, 0.15) is 37.4 Å². The summed E-state index contributed by atoms with van der Waals surface area (Å²) in [7, 11) is 0. The van der Waals surface area contributed by atoms with Crippen molar-refractivity contribution < 1.29 is 38.2 Å². The molecule has 5 amide bonds. The Labute approximate surface area is 377 Å². The lowest BCUT2D eigenvalue weighted by Crippen LogP contribution is -2.49. The number of ether oxygens (including phenoxy) is 3. The minimum atomic E-state index is -1.10. The maximum atomic E-state index is 13.3. The van der Waals surface area contributed by atoms with E-state index in [-0.39, 0.29) is 44.9 Å². The molecule has 0 aliphatic rings. The van der Waals surface area contributed by atoms with Crippen LogP contribution in [0.3, 0.4) is 0 Å². The van der Waals surface area contributed by atoms with E-state index >= 15 is 0 Å². The summed E-state index contributed by atoms with van der Waals surface area (Å²) in [6.07, 6.45) is 4.60. The van der Waals surface area contributed by atoms with Crippen molar-refractivity contribution in [3.8, 4) is 11.5 Å². The normalized spacial score (nSPS) is 11.2. The molecule has 0 aliphatic carbocycles. The van der Waals surface area contributed by atoms with E-state index in [1.807, 2.05) is 91.0 Å². The van der Waals surface area contributed by atoms with Gasteiger partial charge >= 0.3 is 6.09 Å². The third-order valence-corrected chi connectivity index (χ3v) is 9.91. The van der Waals surface area contributed by atoms with Gasteiger partial charge in [0.25, 0.3) is 0 Å². The fraction of sp³-hybridized carbons (Fsp3) is 0.408. The van der Waals surface area contributed by atoms with E-state index in [0.717, 1.165) is 81.4 Å². The zero-order valence-electron chi connectivity index (χ0n) is 36.7. The molecule has 0 aromatic heterocycles. The summed E-state index contributed by atoms with van der Waals surface area (Å²) in [6, 6.07) is 33.1. The Morgan fingerprint density at radius 1 is 0.531 bits per heavy atom. The molecule has 0 saturated heterocycles. The van der Waals surface area contributed by atoms with Crippen LogP contribution in [0, 0.1) is 0 Å². The maximum absolute atomic E-state index is 13.3. The summed E-state index contributed by atoms with van der Waals surface area (Å²) >= 11 is 0. The van der Waals surface area contributed by atoms with Gasteiger partial charge in [-0.15, -0.1) is 0 Å². The lowest BCUT2D eigenvalue weighted by molar-refractivity contribution is -0.131. The van der Waals surface area contributed by atoms with Crippen molar-refractivity contribution >= 4 is 29.7 Å². The largest absolute Gasteiger partial charge is 0.489 e. The Hall–Kier alpha value is -6.45. The van der Waals surface area contributed by atoms with Gasteiger partial charge < -0.3 is 51.8 Å². The van der Waals surface area contributed by atoms with Gasteiger partial charge in [-0.1, -0.05) is 103 Å². The van der Waals surface area contributed by atoms with Gasteiger partial charge in [-0.05, 0) is 81.0 Å². The average Bonchev–Trinajstić information content (AvgIpc) is 3.30. The number of hydrogen-bond acceptors (Lipinski definition) is 10. The molecule has 0 fully saturated rings. The molecule has 0 saturated carbocycles. The molecule has 8 N–H and O–H groups in total. The van der Waals surface area contributed by atoms with Crippen LogP contribution in [0.2, 0.25) is 0 Å². The second-order valence-electron chi connectivity index (χ2n) is 15.3. The van der Waals surface area contributed by atoms with E-state index in [2.05, 4.69) is 31.9 Å². The highest BCUT2D eigenvalue weighted by atomic mass is 16.5. The van der Waals surface area contributed by atoms with Crippen molar-refractivity contribution in [1.82, 2.24) is 31.9 Å². The predicted octanol–water partition coefficient (Wildman–Crippen LogP) is 4.82. The number of rotatable bonds is 32. The first kappa shape index (κ1) is 50.2. The molecule has 1 atom stereocenters. The standard InChI is InChI=1S/C49H65N7O8/c50-45(57)34-43(56-47(59)32-41-22-23-42(62-35-38-16-5-1-6-17-38)33-44(41)63-36-39-18-7-2-8-19-39)48(60)54-30-12-4-11-25-51-27-15-28-52-26-13-14-29-53-46(58)24-31-55-49(61)64-37-40-20-9-3-10-21-40/h1-3,5-10,16-23,33,43,51-52H,4,11-15,24-32,34-37H2,(H2,50,57)(H,53,58)(H,54,60)(H,55,61)(H,56,59)/t43-/m0/s1. The number of hydrogen-bond donors (Lipinski definition) is 7. The van der Waals surface area contributed by atoms with Gasteiger partial charge in [0.2, 0.25) is 23.6 Å². The van der Waals surface area contributed by atoms with Crippen LogP contribution in [-0.2, 0) is 50.2 Å². The molecule has 0 unspecified atom stereocenters. The first-order valence-electron chi connectivity index (χ1n) is 22.2. The Morgan fingerprint density at radius 3 is 1.72 bits per heavy atom. The molecule has 0 radical (unpaired) electrons. The number of nitrogens with one attached hydrogen (secondary N) is 6. The Kier molecular flexibility index (Phi) is 24.0. The molecular weight excluding hydrogens is 815 g/mol.